The van der Waals surface area contributed by atoms with Crippen LogP contribution in [0.15, 0.2) is 81.3 Å². The maximum atomic E-state index is 14.4. The van der Waals surface area contributed by atoms with Gasteiger partial charge in [-0.15, -0.1) is 0 Å². The third-order valence-corrected chi connectivity index (χ3v) is 14.5. The zero-order valence-electron chi connectivity index (χ0n) is 33.2. The van der Waals surface area contributed by atoms with Gasteiger partial charge in [0.25, 0.3) is 0 Å². The van der Waals surface area contributed by atoms with Crippen molar-refractivity contribution in [2.75, 3.05) is 36.0 Å². The third-order valence-electron chi connectivity index (χ3n) is 12.8. The number of aryl methyl sites for hydroxylation is 2. The van der Waals surface area contributed by atoms with E-state index in [0.717, 1.165) is 156 Å². The number of benzene rings is 3. The molecule has 1 aliphatic carbocycles. The number of fused-ring (bicyclic) bond motifs is 2. The first-order valence-corrected chi connectivity index (χ1v) is 25.7. The topological polar surface area (TPSA) is 38.6 Å². The molecule has 6 radical (unpaired) electrons. The number of nitrogens with zero attached hydrogens (tertiary/aromatic N) is 2. The summed E-state index contributed by atoms with van der Waals surface area (Å²) in [7, 11) is 0. The summed E-state index contributed by atoms with van der Waals surface area (Å²) in [4.78, 5) is 4.88. The molecule has 4 nitrogen and oxygen atoms in total. The van der Waals surface area contributed by atoms with Crippen molar-refractivity contribution < 1.29 is 36.2 Å². The Labute approximate surface area is 378 Å². The number of anilines is 2. The molecule has 308 valence electrons. The molecule has 12 heteroatoms. The van der Waals surface area contributed by atoms with Gasteiger partial charge in [0.05, 0.1) is 0 Å². The van der Waals surface area contributed by atoms with Gasteiger partial charge in [-0.1, -0.05) is 0 Å². The van der Waals surface area contributed by atoms with E-state index in [1.54, 1.807) is 0 Å². The Hall–Kier alpha value is -3.28. The molecule has 6 aliphatic rings. The van der Waals surface area contributed by atoms with E-state index in [1.165, 1.54) is 28.1 Å². The van der Waals surface area contributed by atoms with Crippen LogP contribution in [-0.2, 0) is 38.0 Å². The molecule has 2 N–H and O–H groups in total. The zero-order valence-corrected chi connectivity index (χ0v) is 41.0. The molecule has 0 saturated heterocycles. The number of ether oxygens (including phenoxy) is 1. The monoisotopic (exact) mass is 1210 g/mol. The molecular weight excluding hydrogens is 1160 g/mol. The van der Waals surface area contributed by atoms with E-state index >= 15 is 0 Å². The van der Waals surface area contributed by atoms with Crippen molar-refractivity contribution in [1.82, 2.24) is 0 Å². The van der Waals surface area contributed by atoms with Crippen LogP contribution in [0.25, 0.3) is 16.7 Å². The predicted octanol–water partition coefficient (Wildman–Crippen LogP) is 11.1. The first-order chi connectivity index (χ1) is 28.8. The normalized spacial score (nSPS) is 20.7. The first-order valence-electron chi connectivity index (χ1n) is 21.0. The summed E-state index contributed by atoms with van der Waals surface area (Å²) >= 11 is 1.56. The number of halogens is 6. The van der Waals surface area contributed by atoms with Crippen LogP contribution in [0.5, 0.6) is 11.5 Å². The van der Waals surface area contributed by atoms with Crippen LogP contribution in [0.1, 0.15) is 95.0 Å². The summed E-state index contributed by atoms with van der Waals surface area (Å²) in [5, 5.41) is 9.38. The van der Waals surface area contributed by atoms with Gasteiger partial charge in [0.15, 0.2) is 0 Å². The van der Waals surface area contributed by atoms with E-state index in [1.807, 2.05) is 30.4 Å². The van der Waals surface area contributed by atoms with Crippen molar-refractivity contribution >= 4 is 79.6 Å². The first kappa shape index (κ1) is 42.0. The van der Waals surface area contributed by atoms with Crippen molar-refractivity contribution in [1.29, 1.82) is 0 Å². The standard InChI is InChI=1S/C48H44F6N2O2.2Pb/c1-2-29(40-26-33-10-4-19-55-21-6-12-38(43(33)55)45(40)57)14-16-31-8-3-9-32(42(31)35-24-36(47(49,50)51)28-37(25-35)48(52,53)54)17-15-30-18-23-58-46-39-13-7-22-56-20-5-11-34(44(39)56)27-41(30)46;;/h2,14-18,24-28,57H,1,3-13,19-22H2;;/p+1/b16-14+,29-2-,30-15+,32-17+;;. The Balaban J connectivity index is 1.20. The van der Waals surface area contributed by atoms with Crippen molar-refractivity contribution in [3.8, 4) is 11.5 Å². The fourth-order valence-electron chi connectivity index (χ4n) is 10.2. The maximum absolute atomic E-state index is 14.4. The van der Waals surface area contributed by atoms with Gasteiger partial charge in [-0.25, -0.2) is 0 Å². The van der Waals surface area contributed by atoms with Gasteiger partial charge in [0.1, 0.15) is 0 Å². The summed E-state index contributed by atoms with van der Waals surface area (Å²) in [5.41, 5.74) is 10.0. The molecule has 5 aliphatic heterocycles. The summed E-state index contributed by atoms with van der Waals surface area (Å²) < 4.78 is 94.5. The average molecular weight is 1210 g/mol. The van der Waals surface area contributed by atoms with Gasteiger partial charge < -0.3 is 0 Å². The SMILES string of the molecule is [OH2+]c1c(C(=C\[CH2][Pb])/C=C/C2=C(c3cc(C(F)(F)F)cc(C(F)(F)F)c3)C(=C/C=C3\C=[C]([Pb])Oc4c3cc3c5c4CCCN5CCC3)/CCC2)cc2c3c1CCCN3CCC2. The minimum absolute atomic E-state index is 0.0980. The molecule has 0 fully saturated rings. The van der Waals surface area contributed by atoms with Gasteiger partial charge in [-0.05, 0) is 0 Å². The third kappa shape index (κ3) is 8.09. The van der Waals surface area contributed by atoms with Gasteiger partial charge in [-0.2, -0.15) is 0 Å². The summed E-state index contributed by atoms with van der Waals surface area (Å²) in [6, 6.07) is 6.34. The second-order valence-electron chi connectivity index (χ2n) is 16.6. The summed E-state index contributed by atoms with van der Waals surface area (Å²) in [6.45, 7) is 4.06. The van der Waals surface area contributed by atoms with Gasteiger partial charge in [0, 0.05) is 0 Å². The summed E-state index contributed by atoms with van der Waals surface area (Å²) in [6.07, 6.45) is 11.4. The molecular formula is C48H45F6N2O2Pb2+. The van der Waals surface area contributed by atoms with Crippen molar-refractivity contribution in [3.63, 3.8) is 0 Å². The van der Waals surface area contributed by atoms with Gasteiger partial charge in [-0.3, -0.25) is 0 Å². The molecule has 3 aromatic carbocycles. The second-order valence-corrected chi connectivity index (χ2v) is 20.1. The Bertz CT molecular complexity index is 2420. The van der Waals surface area contributed by atoms with Crippen LogP contribution in [0, 0.1) is 0 Å². The van der Waals surface area contributed by atoms with E-state index in [-0.39, 0.29) is 11.6 Å². The van der Waals surface area contributed by atoms with Crippen molar-refractivity contribution in [2.24, 2.45) is 0 Å². The van der Waals surface area contributed by atoms with E-state index in [4.69, 9.17) is 4.74 Å². The number of allylic oxidation sites excluding steroid dienone is 11. The molecule has 0 bridgehead atoms. The van der Waals surface area contributed by atoms with Crippen LogP contribution in [0.4, 0.5) is 37.7 Å². The van der Waals surface area contributed by atoms with Gasteiger partial charge >= 0.3 is 382 Å². The summed E-state index contributed by atoms with van der Waals surface area (Å²) in [5.74, 6) is 1.39. The molecule has 3 aromatic rings. The van der Waals surface area contributed by atoms with Crippen LogP contribution in [0.3, 0.4) is 0 Å². The Kier molecular flexibility index (Phi) is 11.8. The fraction of sp³-hybridized carbons (Fsp3) is 0.375. The Morgan fingerprint density at radius 1 is 0.733 bits per heavy atom. The van der Waals surface area contributed by atoms with E-state index in [0.29, 0.717) is 67.5 Å². The second kappa shape index (κ2) is 16.8. The Morgan fingerprint density at radius 2 is 1.35 bits per heavy atom. The van der Waals surface area contributed by atoms with Crippen LogP contribution < -0.4 is 14.5 Å². The molecule has 0 atom stereocenters. The number of hydrogen-bond donors (Lipinski definition) is 0. The fourth-order valence-corrected chi connectivity index (χ4v) is 12.1. The van der Waals surface area contributed by atoms with Crippen molar-refractivity contribution in [2.45, 2.75) is 87.0 Å². The molecule has 0 unspecified atom stereocenters. The van der Waals surface area contributed by atoms with E-state index in [9.17, 15) is 31.4 Å². The Morgan fingerprint density at radius 3 is 2.00 bits per heavy atom. The van der Waals surface area contributed by atoms with E-state index in [2.05, 4.69) is 28.0 Å². The molecule has 0 saturated carbocycles. The molecule has 9 rings (SSSR count). The quantitative estimate of drug-likeness (QED) is 0.107. The predicted molar refractivity (Wildman–Crippen MR) is 229 cm³/mol. The average Bonchev–Trinajstić information content (AvgIpc) is 3.22. The van der Waals surface area contributed by atoms with Crippen LogP contribution >= 0.6 is 0 Å². The number of alkyl halides is 6. The van der Waals surface area contributed by atoms with Crippen LogP contribution in [-0.4, -0.2) is 82.8 Å². The molecule has 0 amide bonds. The molecule has 0 aromatic heterocycles. The van der Waals surface area contributed by atoms with E-state index < -0.39 is 23.5 Å². The van der Waals surface area contributed by atoms with Crippen molar-refractivity contribution in [3.05, 3.63) is 131 Å². The number of hydrogen-bond acceptors (Lipinski definition) is 3. The molecule has 0 spiro atoms. The minimum atomic E-state index is -4.98. The van der Waals surface area contributed by atoms with Crippen LogP contribution in [0.2, 0.25) is 3.98 Å². The molecule has 60 heavy (non-hydrogen) atoms. The molecule has 5 heterocycles. The van der Waals surface area contributed by atoms with Gasteiger partial charge in [0.2, 0.25) is 0 Å². The zero-order chi connectivity index (χ0) is 41.9. The number of rotatable bonds is 6.